The molecule has 1 aliphatic rings. The van der Waals surface area contributed by atoms with E-state index in [2.05, 4.69) is 4.98 Å². The molecule has 0 spiro atoms. The molecule has 3 rings (SSSR count). The maximum atomic E-state index is 12.4. The van der Waals surface area contributed by atoms with Crippen molar-refractivity contribution in [3.8, 4) is 0 Å². The minimum atomic E-state index is -0.870. The van der Waals surface area contributed by atoms with Crippen LogP contribution in [0, 0.1) is 0 Å². The monoisotopic (exact) mass is 291 g/mol. The molecule has 2 heterocycles. The van der Waals surface area contributed by atoms with Crippen molar-refractivity contribution in [2.45, 2.75) is 18.5 Å². The van der Waals surface area contributed by atoms with Crippen molar-refractivity contribution in [3.05, 3.63) is 29.3 Å². The van der Waals surface area contributed by atoms with E-state index in [0.29, 0.717) is 26.2 Å². The number of hydrogen-bond acceptors (Lipinski definition) is 5. The Balaban J connectivity index is 1.75. The van der Waals surface area contributed by atoms with Crippen molar-refractivity contribution in [2.24, 2.45) is 5.73 Å². The number of benzene rings is 1. The van der Waals surface area contributed by atoms with Gasteiger partial charge >= 0.3 is 0 Å². The lowest BCUT2D eigenvalue weighted by atomic mass is 9.98. The van der Waals surface area contributed by atoms with Gasteiger partial charge in [0.15, 0.2) is 0 Å². The van der Waals surface area contributed by atoms with E-state index in [1.165, 1.54) is 0 Å². The van der Waals surface area contributed by atoms with Gasteiger partial charge in [0.2, 0.25) is 5.91 Å². The summed E-state index contributed by atoms with van der Waals surface area (Å²) in [5.74, 6) is -0.0748. The van der Waals surface area contributed by atoms with Crippen molar-refractivity contribution in [3.63, 3.8) is 0 Å². The molecule has 1 saturated heterocycles. The van der Waals surface area contributed by atoms with Crippen LogP contribution in [0.25, 0.3) is 10.2 Å². The third-order valence-corrected chi connectivity index (χ3v) is 4.56. The van der Waals surface area contributed by atoms with Crippen LogP contribution in [-0.4, -0.2) is 41.6 Å². The molecule has 0 bridgehead atoms. The number of carbonyl (C=O) groups is 1. The highest BCUT2D eigenvalue weighted by Gasteiger charge is 2.40. The van der Waals surface area contributed by atoms with Gasteiger partial charge in [0.25, 0.3) is 0 Å². The standard InChI is InChI=1S/C14H17N3O2S/c1-17(13(18)14(15)6-7-19-9-14)8-12-16-10-4-2-3-5-11(10)20-12/h2-5H,6-9,15H2,1H3. The normalized spacial score (nSPS) is 22.3. The maximum Gasteiger partial charge on any atom is 0.245 e. The molecule has 106 valence electrons. The number of amides is 1. The molecule has 1 fully saturated rings. The molecule has 1 aromatic heterocycles. The van der Waals surface area contributed by atoms with Crippen LogP contribution >= 0.6 is 11.3 Å². The number of para-hydroxylation sites is 1. The van der Waals surface area contributed by atoms with Crippen LogP contribution in [0.2, 0.25) is 0 Å². The molecule has 2 N–H and O–H groups in total. The van der Waals surface area contributed by atoms with Crippen LogP contribution in [0.5, 0.6) is 0 Å². The van der Waals surface area contributed by atoms with E-state index in [0.717, 1.165) is 15.2 Å². The van der Waals surface area contributed by atoms with E-state index in [9.17, 15) is 4.79 Å². The van der Waals surface area contributed by atoms with Crippen molar-refractivity contribution in [2.75, 3.05) is 20.3 Å². The molecule has 6 heteroatoms. The molecule has 0 radical (unpaired) electrons. The van der Waals surface area contributed by atoms with Gasteiger partial charge in [-0.3, -0.25) is 4.79 Å². The van der Waals surface area contributed by atoms with Crippen LogP contribution in [-0.2, 0) is 16.1 Å². The zero-order valence-corrected chi connectivity index (χ0v) is 12.2. The second kappa shape index (κ2) is 5.12. The number of nitrogens with zero attached hydrogens (tertiary/aromatic N) is 2. The Morgan fingerprint density at radius 2 is 2.35 bits per heavy atom. The number of nitrogens with two attached hydrogens (primary N) is 1. The van der Waals surface area contributed by atoms with Crippen LogP contribution in [0.1, 0.15) is 11.4 Å². The van der Waals surface area contributed by atoms with Gasteiger partial charge in [-0.1, -0.05) is 12.1 Å². The lowest BCUT2D eigenvalue weighted by molar-refractivity contribution is -0.136. The van der Waals surface area contributed by atoms with Gasteiger partial charge in [0.05, 0.1) is 23.4 Å². The van der Waals surface area contributed by atoms with E-state index in [1.54, 1.807) is 23.3 Å². The second-order valence-corrected chi connectivity index (χ2v) is 6.31. The summed E-state index contributed by atoms with van der Waals surface area (Å²) in [6.07, 6.45) is 0.579. The number of aromatic nitrogens is 1. The van der Waals surface area contributed by atoms with Crippen molar-refractivity contribution >= 4 is 27.5 Å². The van der Waals surface area contributed by atoms with E-state index < -0.39 is 5.54 Å². The number of ether oxygens (including phenoxy) is 1. The fraction of sp³-hybridized carbons (Fsp3) is 0.429. The molecule has 1 amide bonds. The first-order valence-electron chi connectivity index (χ1n) is 6.55. The van der Waals surface area contributed by atoms with E-state index in [1.807, 2.05) is 24.3 Å². The summed E-state index contributed by atoms with van der Waals surface area (Å²) in [6.45, 7) is 1.34. The van der Waals surface area contributed by atoms with E-state index in [-0.39, 0.29) is 5.91 Å². The number of rotatable bonds is 3. The quantitative estimate of drug-likeness (QED) is 0.927. The molecule has 0 aliphatic carbocycles. The Labute approximate surface area is 121 Å². The first-order valence-corrected chi connectivity index (χ1v) is 7.37. The van der Waals surface area contributed by atoms with Gasteiger partial charge in [0, 0.05) is 13.7 Å². The molecule has 1 unspecified atom stereocenters. The number of thiazole rings is 1. The van der Waals surface area contributed by atoms with Crippen molar-refractivity contribution < 1.29 is 9.53 Å². The fourth-order valence-electron chi connectivity index (χ4n) is 2.39. The summed E-state index contributed by atoms with van der Waals surface area (Å²) >= 11 is 1.61. The zero-order valence-electron chi connectivity index (χ0n) is 11.3. The minimum Gasteiger partial charge on any atom is -0.379 e. The molecule has 20 heavy (non-hydrogen) atoms. The van der Waals surface area contributed by atoms with Crippen LogP contribution < -0.4 is 5.73 Å². The lowest BCUT2D eigenvalue weighted by Gasteiger charge is -2.26. The maximum absolute atomic E-state index is 12.4. The van der Waals surface area contributed by atoms with Gasteiger partial charge in [-0.05, 0) is 18.6 Å². The summed E-state index contributed by atoms with van der Waals surface area (Å²) in [5, 5.41) is 0.921. The summed E-state index contributed by atoms with van der Waals surface area (Å²) in [5.41, 5.74) is 6.20. The van der Waals surface area contributed by atoms with Crippen LogP contribution in [0.3, 0.4) is 0 Å². The highest BCUT2D eigenvalue weighted by Crippen LogP contribution is 2.24. The first kappa shape index (κ1) is 13.5. The highest BCUT2D eigenvalue weighted by molar-refractivity contribution is 7.18. The van der Waals surface area contributed by atoms with E-state index in [4.69, 9.17) is 10.5 Å². The Bertz CT molecular complexity index is 601. The Morgan fingerprint density at radius 1 is 1.55 bits per heavy atom. The largest absolute Gasteiger partial charge is 0.379 e. The van der Waals surface area contributed by atoms with Crippen molar-refractivity contribution in [1.29, 1.82) is 0 Å². The van der Waals surface area contributed by atoms with Gasteiger partial charge in [0.1, 0.15) is 10.5 Å². The average Bonchev–Trinajstić information content (AvgIpc) is 3.04. The molecule has 1 atom stereocenters. The number of hydrogen-bond donors (Lipinski definition) is 1. The summed E-state index contributed by atoms with van der Waals surface area (Å²) in [7, 11) is 1.77. The molecule has 1 aromatic carbocycles. The lowest BCUT2D eigenvalue weighted by Crippen LogP contribution is -2.54. The number of carbonyl (C=O) groups excluding carboxylic acids is 1. The Kier molecular flexibility index (Phi) is 3.45. The predicted octanol–water partition coefficient (Wildman–Crippen LogP) is 1.37. The Hall–Kier alpha value is -1.50. The zero-order chi connectivity index (χ0) is 14.2. The smallest absolute Gasteiger partial charge is 0.245 e. The first-order chi connectivity index (χ1) is 9.58. The average molecular weight is 291 g/mol. The van der Waals surface area contributed by atoms with E-state index >= 15 is 0 Å². The summed E-state index contributed by atoms with van der Waals surface area (Å²) < 4.78 is 6.38. The number of fused-ring (bicyclic) bond motifs is 1. The third-order valence-electron chi connectivity index (χ3n) is 3.54. The van der Waals surface area contributed by atoms with Gasteiger partial charge in [-0.2, -0.15) is 0 Å². The third kappa shape index (κ3) is 2.42. The summed E-state index contributed by atoms with van der Waals surface area (Å²) in [4.78, 5) is 18.6. The molecular formula is C14H17N3O2S. The highest BCUT2D eigenvalue weighted by atomic mass is 32.1. The predicted molar refractivity (Wildman–Crippen MR) is 78.4 cm³/mol. The Morgan fingerprint density at radius 3 is 3.05 bits per heavy atom. The molecule has 1 aliphatic heterocycles. The molecule has 2 aromatic rings. The fourth-order valence-corrected chi connectivity index (χ4v) is 3.41. The molecule has 5 nitrogen and oxygen atoms in total. The molecular weight excluding hydrogens is 274 g/mol. The minimum absolute atomic E-state index is 0.0748. The molecule has 0 saturated carbocycles. The van der Waals surface area contributed by atoms with Crippen LogP contribution in [0.4, 0.5) is 0 Å². The topological polar surface area (TPSA) is 68.5 Å². The van der Waals surface area contributed by atoms with Gasteiger partial charge in [-0.25, -0.2) is 4.98 Å². The van der Waals surface area contributed by atoms with Crippen molar-refractivity contribution in [1.82, 2.24) is 9.88 Å². The summed E-state index contributed by atoms with van der Waals surface area (Å²) in [6, 6.07) is 7.97. The SMILES string of the molecule is CN(Cc1nc2ccccc2s1)C(=O)C1(N)CCOC1. The van der Waals surface area contributed by atoms with Gasteiger partial charge in [-0.15, -0.1) is 11.3 Å². The number of likely N-dealkylation sites (N-methyl/N-ethyl adjacent to an activating group) is 1. The van der Waals surface area contributed by atoms with Gasteiger partial charge < -0.3 is 15.4 Å². The second-order valence-electron chi connectivity index (χ2n) is 5.20. The van der Waals surface area contributed by atoms with Crippen LogP contribution in [0.15, 0.2) is 24.3 Å².